The third-order valence-corrected chi connectivity index (χ3v) is 3.33. The Morgan fingerprint density at radius 3 is 2.94 bits per heavy atom. The predicted octanol–water partition coefficient (Wildman–Crippen LogP) is 0.511. The topological polar surface area (TPSA) is 76.8 Å². The van der Waals surface area contributed by atoms with Crippen LogP contribution in [-0.4, -0.2) is 34.2 Å². The first-order chi connectivity index (χ1) is 8.63. The number of hydrogen-bond donors (Lipinski definition) is 3. The second-order valence-electron chi connectivity index (χ2n) is 4.39. The van der Waals surface area contributed by atoms with Crippen LogP contribution >= 0.6 is 11.3 Å². The lowest BCUT2D eigenvalue weighted by Crippen LogP contribution is -2.13. The van der Waals surface area contributed by atoms with Gasteiger partial charge in [-0.25, -0.2) is 9.89 Å². The Bertz CT molecular complexity index is 541. The van der Waals surface area contributed by atoms with Gasteiger partial charge in [-0.2, -0.15) is 5.10 Å². The van der Waals surface area contributed by atoms with Crippen molar-refractivity contribution < 1.29 is 0 Å². The highest BCUT2D eigenvalue weighted by molar-refractivity contribution is 7.10. The first-order valence-corrected chi connectivity index (χ1v) is 6.57. The minimum atomic E-state index is -0.267. The maximum absolute atomic E-state index is 10.8. The molecule has 0 radical (unpaired) electrons. The molecule has 0 saturated heterocycles. The van der Waals surface area contributed by atoms with Crippen molar-refractivity contribution in [3.63, 3.8) is 0 Å². The first kappa shape index (κ1) is 13.0. The molecule has 98 valence electrons. The molecule has 6 nitrogen and oxygen atoms in total. The van der Waals surface area contributed by atoms with Crippen LogP contribution in [0.25, 0.3) is 0 Å². The van der Waals surface area contributed by atoms with Crippen LogP contribution < -0.4 is 11.0 Å². The first-order valence-electron chi connectivity index (χ1n) is 5.69. The number of H-pyrrole nitrogens is 2. The molecular weight excluding hydrogens is 250 g/mol. The Morgan fingerprint density at radius 2 is 2.28 bits per heavy atom. The van der Waals surface area contributed by atoms with Gasteiger partial charge < -0.3 is 10.2 Å². The highest BCUT2D eigenvalue weighted by Crippen LogP contribution is 2.15. The van der Waals surface area contributed by atoms with Gasteiger partial charge in [-0.15, -0.1) is 11.3 Å². The fraction of sp³-hybridized carbons (Fsp3) is 0.455. The second-order valence-corrected chi connectivity index (χ2v) is 5.38. The smallest absolute Gasteiger partial charge is 0.305 e. The summed E-state index contributed by atoms with van der Waals surface area (Å²) in [6.45, 7) is 2.30. The molecule has 0 amide bonds. The number of aromatic amines is 2. The zero-order valence-electron chi connectivity index (χ0n) is 10.5. The molecule has 2 heterocycles. The molecule has 0 aliphatic heterocycles. The third kappa shape index (κ3) is 3.80. The van der Waals surface area contributed by atoms with Crippen LogP contribution in [0, 0.1) is 0 Å². The number of nitrogens with zero attached hydrogens (tertiary/aromatic N) is 2. The monoisotopic (exact) mass is 267 g/mol. The molecule has 3 N–H and O–H groups in total. The molecule has 0 bridgehead atoms. The van der Waals surface area contributed by atoms with E-state index in [4.69, 9.17) is 0 Å². The van der Waals surface area contributed by atoms with Gasteiger partial charge in [0, 0.05) is 18.0 Å². The molecule has 0 aliphatic carbocycles. The fourth-order valence-electron chi connectivity index (χ4n) is 1.66. The number of nitrogens with one attached hydrogen (secondary N) is 3. The quantitative estimate of drug-likeness (QED) is 0.713. The van der Waals surface area contributed by atoms with E-state index in [0.717, 1.165) is 13.1 Å². The Hall–Kier alpha value is -1.44. The molecule has 0 aliphatic rings. The lowest BCUT2D eigenvalue weighted by atomic mass is 10.3. The average Bonchev–Trinajstić information content (AvgIpc) is 2.88. The van der Waals surface area contributed by atoms with Gasteiger partial charge in [0.25, 0.3) is 0 Å². The van der Waals surface area contributed by atoms with E-state index in [-0.39, 0.29) is 5.69 Å². The van der Waals surface area contributed by atoms with Crippen LogP contribution in [0.2, 0.25) is 0 Å². The molecule has 0 unspecified atom stereocenters. The molecule has 0 saturated carbocycles. The van der Waals surface area contributed by atoms with E-state index in [9.17, 15) is 4.79 Å². The second kappa shape index (κ2) is 5.94. The molecule has 0 fully saturated rings. The minimum absolute atomic E-state index is 0.267. The fourth-order valence-corrected chi connectivity index (χ4v) is 2.51. The van der Waals surface area contributed by atoms with E-state index in [0.29, 0.717) is 12.4 Å². The molecule has 0 atom stereocenters. The summed E-state index contributed by atoms with van der Waals surface area (Å²) in [6.07, 6.45) is 0. The zero-order valence-corrected chi connectivity index (χ0v) is 11.3. The predicted molar refractivity (Wildman–Crippen MR) is 71.5 cm³/mol. The number of aromatic nitrogens is 3. The van der Waals surface area contributed by atoms with Crippen molar-refractivity contribution in [2.45, 2.75) is 19.6 Å². The van der Waals surface area contributed by atoms with Gasteiger partial charge in [0.05, 0.1) is 6.54 Å². The molecule has 2 rings (SSSR count). The number of thiophene rings is 1. The SMILES string of the molecule is CN(C)Cc1csc(CNCc2n[nH]c(=O)[nH]2)c1. The van der Waals surface area contributed by atoms with Crippen LogP contribution in [0.3, 0.4) is 0 Å². The summed E-state index contributed by atoms with van der Waals surface area (Å²) in [5.74, 6) is 0.630. The van der Waals surface area contributed by atoms with Crippen molar-refractivity contribution in [1.82, 2.24) is 25.4 Å². The van der Waals surface area contributed by atoms with Crippen LogP contribution in [0.1, 0.15) is 16.3 Å². The lowest BCUT2D eigenvalue weighted by molar-refractivity contribution is 0.403. The van der Waals surface area contributed by atoms with Gasteiger partial charge in [0.15, 0.2) is 0 Å². The molecule has 2 aromatic heterocycles. The van der Waals surface area contributed by atoms with E-state index in [2.05, 4.69) is 50.9 Å². The van der Waals surface area contributed by atoms with Crippen LogP contribution in [0.15, 0.2) is 16.2 Å². The van der Waals surface area contributed by atoms with Crippen LogP contribution in [0.5, 0.6) is 0 Å². The van der Waals surface area contributed by atoms with Gasteiger partial charge in [0.1, 0.15) is 5.82 Å². The minimum Gasteiger partial charge on any atom is -0.305 e. The van der Waals surface area contributed by atoms with Crippen molar-refractivity contribution in [2.75, 3.05) is 14.1 Å². The highest BCUT2D eigenvalue weighted by Gasteiger charge is 2.02. The van der Waals surface area contributed by atoms with Crippen molar-refractivity contribution >= 4 is 11.3 Å². The molecule has 18 heavy (non-hydrogen) atoms. The van der Waals surface area contributed by atoms with E-state index in [1.807, 2.05) is 0 Å². The van der Waals surface area contributed by atoms with Crippen LogP contribution in [0.4, 0.5) is 0 Å². The molecule has 0 spiro atoms. The molecule has 7 heteroatoms. The van der Waals surface area contributed by atoms with Gasteiger partial charge in [-0.1, -0.05) is 0 Å². The van der Waals surface area contributed by atoms with Crippen molar-refractivity contribution in [3.05, 3.63) is 38.2 Å². The zero-order chi connectivity index (χ0) is 13.0. The molecular formula is C11H17N5OS. The summed E-state index contributed by atoms with van der Waals surface area (Å²) in [5.41, 5.74) is 1.06. The normalized spacial score (nSPS) is 11.3. The third-order valence-electron chi connectivity index (χ3n) is 2.35. The highest BCUT2D eigenvalue weighted by atomic mass is 32.1. The molecule has 0 aromatic carbocycles. The molecule has 2 aromatic rings. The number of hydrogen-bond acceptors (Lipinski definition) is 5. The van der Waals surface area contributed by atoms with Crippen LogP contribution in [-0.2, 0) is 19.6 Å². The summed E-state index contributed by atoms with van der Waals surface area (Å²) in [7, 11) is 4.12. The van der Waals surface area contributed by atoms with E-state index < -0.39 is 0 Å². The van der Waals surface area contributed by atoms with Crippen molar-refractivity contribution in [1.29, 1.82) is 0 Å². The van der Waals surface area contributed by atoms with E-state index in [1.54, 1.807) is 11.3 Å². The van der Waals surface area contributed by atoms with E-state index >= 15 is 0 Å². The average molecular weight is 267 g/mol. The Labute approximate surface area is 109 Å². The van der Waals surface area contributed by atoms with Gasteiger partial charge in [-0.05, 0) is 31.1 Å². The summed E-state index contributed by atoms with van der Waals surface area (Å²) < 4.78 is 0. The van der Waals surface area contributed by atoms with Crippen molar-refractivity contribution in [3.8, 4) is 0 Å². The summed E-state index contributed by atoms with van der Waals surface area (Å²) in [4.78, 5) is 16.9. The Kier molecular flexibility index (Phi) is 4.29. The van der Waals surface area contributed by atoms with Gasteiger partial charge >= 0.3 is 5.69 Å². The lowest BCUT2D eigenvalue weighted by Gasteiger charge is -2.06. The summed E-state index contributed by atoms with van der Waals surface area (Å²) in [5, 5.41) is 11.6. The maximum Gasteiger partial charge on any atom is 0.340 e. The van der Waals surface area contributed by atoms with Gasteiger partial charge in [-0.3, -0.25) is 4.98 Å². The van der Waals surface area contributed by atoms with Gasteiger partial charge in [0.2, 0.25) is 0 Å². The Balaban J connectivity index is 1.79. The largest absolute Gasteiger partial charge is 0.340 e. The van der Waals surface area contributed by atoms with E-state index in [1.165, 1.54) is 10.4 Å². The Morgan fingerprint density at radius 1 is 1.44 bits per heavy atom. The standard InChI is InChI=1S/C11H17N5OS/c1-16(2)6-8-3-9(18-7-8)4-12-5-10-13-11(17)15-14-10/h3,7,12H,4-6H2,1-2H3,(H2,13,14,15,17). The summed E-state index contributed by atoms with van der Waals surface area (Å²) >= 11 is 1.74. The number of rotatable bonds is 6. The maximum atomic E-state index is 10.8. The van der Waals surface area contributed by atoms with Crippen molar-refractivity contribution in [2.24, 2.45) is 0 Å². The summed E-state index contributed by atoms with van der Waals surface area (Å²) in [6, 6.07) is 2.20.